The summed E-state index contributed by atoms with van der Waals surface area (Å²) < 4.78 is 26.6. The van der Waals surface area contributed by atoms with E-state index in [2.05, 4.69) is 4.98 Å². The van der Waals surface area contributed by atoms with E-state index in [4.69, 9.17) is 0 Å². The van der Waals surface area contributed by atoms with Crippen molar-refractivity contribution in [1.82, 2.24) is 9.29 Å². The maximum Gasteiger partial charge on any atom is 0.248 e. The number of aromatic nitrogens is 1. The zero-order valence-corrected chi connectivity index (χ0v) is 12.3. The largest absolute Gasteiger partial charge is 0.366 e. The third-order valence-electron chi connectivity index (χ3n) is 3.79. The Labute approximate surface area is 123 Å². The number of nitrogens with zero attached hydrogens (tertiary/aromatic N) is 1. The molecule has 0 spiro atoms. The quantitative estimate of drug-likeness (QED) is 0.905. The van der Waals surface area contributed by atoms with Crippen molar-refractivity contribution in [3.8, 4) is 0 Å². The van der Waals surface area contributed by atoms with E-state index in [0.29, 0.717) is 25.9 Å². The molecule has 2 aromatic rings. The maximum atomic E-state index is 12.6. The van der Waals surface area contributed by atoms with Gasteiger partial charge in [-0.1, -0.05) is 24.3 Å². The van der Waals surface area contributed by atoms with Crippen molar-refractivity contribution in [3.63, 3.8) is 0 Å². The van der Waals surface area contributed by atoms with Crippen LogP contribution in [0.25, 0.3) is 0 Å². The molecule has 1 N–H and O–H groups in total. The van der Waals surface area contributed by atoms with Crippen LogP contribution in [0.1, 0.15) is 11.1 Å². The van der Waals surface area contributed by atoms with E-state index in [1.165, 1.54) is 33.9 Å². The van der Waals surface area contributed by atoms with Gasteiger partial charge in [-0.2, -0.15) is 4.31 Å². The van der Waals surface area contributed by atoms with Crippen LogP contribution in [-0.2, 0) is 22.9 Å². The summed E-state index contributed by atoms with van der Waals surface area (Å²) in [4.78, 5) is 14.3. The predicted octanol–water partition coefficient (Wildman–Crippen LogP) is 1.16. The van der Waals surface area contributed by atoms with Crippen LogP contribution < -0.4 is 5.43 Å². The van der Waals surface area contributed by atoms with Gasteiger partial charge in [0.1, 0.15) is 4.90 Å². The third kappa shape index (κ3) is 2.64. The molecule has 0 bridgehead atoms. The number of benzene rings is 1. The third-order valence-corrected chi connectivity index (χ3v) is 5.71. The minimum atomic E-state index is -3.74. The second-order valence-corrected chi connectivity index (χ2v) is 6.95. The summed E-state index contributed by atoms with van der Waals surface area (Å²) in [6, 6.07) is 9.22. The number of H-pyrrole nitrogens is 1. The van der Waals surface area contributed by atoms with Crippen molar-refractivity contribution in [2.75, 3.05) is 13.1 Å². The van der Waals surface area contributed by atoms with Gasteiger partial charge in [0.15, 0.2) is 0 Å². The molecule has 1 aliphatic heterocycles. The molecule has 0 amide bonds. The van der Waals surface area contributed by atoms with Gasteiger partial charge in [-0.3, -0.25) is 4.79 Å². The normalized spacial score (nSPS) is 16.2. The maximum absolute atomic E-state index is 12.6. The number of pyridine rings is 1. The topological polar surface area (TPSA) is 70.2 Å². The number of rotatable bonds is 2. The summed E-state index contributed by atoms with van der Waals surface area (Å²) in [5.41, 5.74) is 1.88. The standard InChI is InChI=1S/C15H16N2O3S/c18-14-5-8-16-11-15(14)21(19,20)17-9-6-12-3-1-2-4-13(12)7-10-17/h1-5,8,11H,6-7,9-10H2,(H,16,18). The number of hydrogen-bond acceptors (Lipinski definition) is 3. The summed E-state index contributed by atoms with van der Waals surface area (Å²) >= 11 is 0. The number of nitrogens with one attached hydrogen (secondary N) is 1. The summed E-state index contributed by atoms with van der Waals surface area (Å²) in [5.74, 6) is 0. The highest BCUT2D eigenvalue weighted by Gasteiger charge is 2.28. The molecule has 0 unspecified atom stereocenters. The average molecular weight is 304 g/mol. The smallest absolute Gasteiger partial charge is 0.248 e. The van der Waals surface area contributed by atoms with Gasteiger partial charge in [-0.15, -0.1) is 0 Å². The lowest BCUT2D eigenvalue weighted by atomic mass is 10.0. The summed E-state index contributed by atoms with van der Waals surface area (Å²) in [6.45, 7) is 0.793. The average Bonchev–Trinajstić information content (AvgIpc) is 2.70. The molecule has 0 saturated carbocycles. The van der Waals surface area contributed by atoms with Gasteiger partial charge >= 0.3 is 0 Å². The Morgan fingerprint density at radius 1 is 1.00 bits per heavy atom. The molecule has 1 aliphatic rings. The second-order valence-electron chi connectivity index (χ2n) is 5.05. The van der Waals surface area contributed by atoms with Crippen LogP contribution in [0, 0.1) is 0 Å². The zero-order valence-electron chi connectivity index (χ0n) is 11.5. The molecule has 0 saturated heterocycles. The first kappa shape index (κ1) is 14.0. The van der Waals surface area contributed by atoms with Gasteiger partial charge in [0, 0.05) is 31.5 Å². The molecular weight excluding hydrogens is 288 g/mol. The molecule has 0 fully saturated rings. The summed E-state index contributed by atoms with van der Waals surface area (Å²) in [7, 11) is -3.74. The molecule has 3 rings (SSSR count). The van der Waals surface area contributed by atoms with Crippen LogP contribution in [0.5, 0.6) is 0 Å². The van der Waals surface area contributed by atoms with E-state index in [-0.39, 0.29) is 4.90 Å². The molecule has 110 valence electrons. The van der Waals surface area contributed by atoms with E-state index in [0.717, 1.165) is 0 Å². The molecule has 1 aromatic heterocycles. The van der Waals surface area contributed by atoms with E-state index < -0.39 is 15.5 Å². The van der Waals surface area contributed by atoms with Gasteiger partial charge in [-0.05, 0) is 24.0 Å². The van der Waals surface area contributed by atoms with E-state index in [1.807, 2.05) is 24.3 Å². The van der Waals surface area contributed by atoms with Crippen LogP contribution in [0.15, 0.2) is 52.4 Å². The Morgan fingerprint density at radius 3 is 2.19 bits per heavy atom. The monoisotopic (exact) mass is 304 g/mol. The van der Waals surface area contributed by atoms with Crippen molar-refractivity contribution in [3.05, 3.63) is 64.1 Å². The van der Waals surface area contributed by atoms with Crippen LogP contribution in [-0.4, -0.2) is 30.8 Å². The van der Waals surface area contributed by atoms with Crippen LogP contribution in [0.2, 0.25) is 0 Å². The summed E-state index contributed by atoms with van der Waals surface area (Å²) in [5, 5.41) is 0. The van der Waals surface area contributed by atoms with Crippen LogP contribution in [0.4, 0.5) is 0 Å². The van der Waals surface area contributed by atoms with E-state index in [9.17, 15) is 13.2 Å². The van der Waals surface area contributed by atoms with Gasteiger partial charge in [0.2, 0.25) is 15.5 Å². The molecule has 6 heteroatoms. The zero-order chi connectivity index (χ0) is 14.9. The molecule has 21 heavy (non-hydrogen) atoms. The number of aromatic amines is 1. The molecule has 1 aromatic carbocycles. The summed E-state index contributed by atoms with van der Waals surface area (Å²) in [6.07, 6.45) is 4.02. The fourth-order valence-electron chi connectivity index (χ4n) is 2.63. The van der Waals surface area contributed by atoms with Gasteiger partial charge < -0.3 is 4.98 Å². The Hall–Kier alpha value is -1.92. The van der Waals surface area contributed by atoms with Gasteiger partial charge in [-0.25, -0.2) is 8.42 Å². The number of sulfonamides is 1. The first-order chi connectivity index (χ1) is 10.1. The lowest BCUT2D eigenvalue weighted by Gasteiger charge is -2.19. The van der Waals surface area contributed by atoms with E-state index >= 15 is 0 Å². The Balaban J connectivity index is 1.92. The van der Waals surface area contributed by atoms with Crippen molar-refractivity contribution in [2.24, 2.45) is 0 Å². The lowest BCUT2D eigenvalue weighted by Crippen LogP contribution is -2.35. The fraction of sp³-hybridized carbons (Fsp3) is 0.267. The molecule has 0 radical (unpaired) electrons. The van der Waals surface area contributed by atoms with Gasteiger partial charge in [0.25, 0.3) is 0 Å². The highest BCUT2D eigenvalue weighted by Crippen LogP contribution is 2.19. The first-order valence-corrected chi connectivity index (χ1v) is 8.27. The SMILES string of the molecule is O=c1cc[nH]cc1S(=O)(=O)N1CCc2ccccc2CC1. The van der Waals surface area contributed by atoms with Crippen molar-refractivity contribution >= 4 is 10.0 Å². The Bertz CT molecular complexity index is 784. The molecule has 0 atom stereocenters. The first-order valence-electron chi connectivity index (χ1n) is 6.83. The van der Waals surface area contributed by atoms with E-state index in [1.54, 1.807) is 0 Å². The highest BCUT2D eigenvalue weighted by molar-refractivity contribution is 7.89. The Morgan fingerprint density at radius 2 is 1.62 bits per heavy atom. The predicted molar refractivity (Wildman–Crippen MR) is 79.7 cm³/mol. The van der Waals surface area contributed by atoms with Gasteiger partial charge in [0.05, 0.1) is 0 Å². The minimum absolute atomic E-state index is 0.184. The van der Waals surface area contributed by atoms with Crippen LogP contribution in [0.3, 0.4) is 0 Å². The minimum Gasteiger partial charge on any atom is -0.366 e. The second kappa shape index (κ2) is 5.46. The molecular formula is C15H16N2O3S. The van der Waals surface area contributed by atoms with Crippen LogP contribution >= 0.6 is 0 Å². The fourth-order valence-corrected chi connectivity index (χ4v) is 4.11. The Kier molecular flexibility index (Phi) is 3.65. The molecule has 2 heterocycles. The number of fused-ring (bicyclic) bond motifs is 1. The van der Waals surface area contributed by atoms with Crippen molar-refractivity contribution in [1.29, 1.82) is 0 Å². The van der Waals surface area contributed by atoms with Crippen molar-refractivity contribution < 1.29 is 8.42 Å². The lowest BCUT2D eigenvalue weighted by molar-refractivity contribution is 0.426. The molecule has 0 aliphatic carbocycles. The van der Waals surface area contributed by atoms with Crippen molar-refractivity contribution in [2.45, 2.75) is 17.7 Å². The molecule has 5 nitrogen and oxygen atoms in total. The number of hydrogen-bond donors (Lipinski definition) is 1. The highest BCUT2D eigenvalue weighted by atomic mass is 32.2.